The second-order valence-electron chi connectivity index (χ2n) is 19.5. The van der Waals surface area contributed by atoms with Crippen molar-refractivity contribution >= 4 is 0 Å². The number of H-pyrrole nitrogens is 1. The Morgan fingerprint density at radius 3 is 1.25 bits per heavy atom. The highest BCUT2D eigenvalue weighted by Crippen LogP contribution is 2.09. The maximum Gasteiger partial charge on any atom is 0.102 e. The first-order chi connectivity index (χ1) is 30.1. The van der Waals surface area contributed by atoms with Crippen LogP contribution in [0.25, 0.3) is 0 Å². The van der Waals surface area contributed by atoms with E-state index in [2.05, 4.69) is 165 Å². The standard InChI is InChI=1S/C8H15N3.C8H18N2.C7H16N2.C7H18N2.2C6H13N.C5H12FN.C3H9N.3CH4/c1-7(2)10-4-3-8-5-9-6-11-8;1-8(2)9-4-7-10-5-3-6-10;1-7(2)8-3-4-9-5-6-9;1-7(2)8-5-6-9(3)4;1-6(2)7-4-3-5-7;1-4-5-7-6(2)3;1-5(2)7-4-3-6;1-3(2)4;;;/h5-7,10H,3-4H2,1-2H3,(H,9,11);8-9H,3-7H2,1-2H3;7-8H,3-6H2,1-2H3;7-8H,5-6H2,1-4H3;6H,3-5H2,1-2H3;4,6-7H,1,5H2,2-3H3;5,7H,3-4H2,1-2H3;3H,4H2,1-2H3;3*1H4. The summed E-state index contributed by atoms with van der Waals surface area (Å²) in [6, 6.07) is 4.58. The molecular formula is C53H126FN13. The van der Waals surface area contributed by atoms with Crippen LogP contribution in [0.4, 0.5) is 4.39 Å². The molecule has 3 fully saturated rings. The number of imidazole rings is 1. The fraction of sp³-hybridized carbons (Fsp3) is 0.906. The summed E-state index contributed by atoms with van der Waals surface area (Å²) in [6.45, 7) is 54.6. The normalized spacial score (nSPS) is 13.7. The van der Waals surface area contributed by atoms with Gasteiger partial charge in [0.1, 0.15) is 6.67 Å². The number of aromatic amines is 1. The molecule has 0 amide bonds. The molecule has 0 aliphatic carbocycles. The number of likely N-dealkylation sites (tertiary alicyclic amines) is 2. The van der Waals surface area contributed by atoms with Gasteiger partial charge >= 0.3 is 0 Å². The van der Waals surface area contributed by atoms with Gasteiger partial charge in [-0.25, -0.2) is 9.37 Å². The molecule has 13 nitrogen and oxygen atoms in total. The number of alkyl halides is 1. The van der Waals surface area contributed by atoms with Crippen molar-refractivity contribution in [1.29, 1.82) is 0 Å². The second kappa shape index (κ2) is 57.0. The Bertz CT molecular complexity index is 983. The van der Waals surface area contributed by atoms with E-state index in [0.29, 0.717) is 48.8 Å². The predicted octanol–water partition coefficient (Wildman–Crippen LogP) is 7.97. The van der Waals surface area contributed by atoms with E-state index in [-0.39, 0.29) is 29.0 Å². The van der Waals surface area contributed by atoms with E-state index in [1.165, 1.54) is 70.9 Å². The van der Waals surface area contributed by atoms with E-state index in [9.17, 15) is 4.39 Å². The first-order valence-electron chi connectivity index (χ1n) is 25.2. The molecule has 0 aromatic carbocycles. The fourth-order valence-corrected chi connectivity index (χ4v) is 4.94. The lowest BCUT2D eigenvalue weighted by atomic mass is 10.2. The second-order valence-corrected chi connectivity index (χ2v) is 19.5. The average Bonchev–Trinajstić information content (AvgIpc) is 3.81. The van der Waals surface area contributed by atoms with Gasteiger partial charge in [0.15, 0.2) is 0 Å². The molecule has 3 aliphatic rings. The van der Waals surface area contributed by atoms with Crippen LogP contribution in [0.1, 0.15) is 152 Å². The molecule has 1 aromatic rings. The predicted molar refractivity (Wildman–Crippen MR) is 304 cm³/mol. The summed E-state index contributed by atoms with van der Waals surface area (Å²) in [4.78, 5) is 16.6. The van der Waals surface area contributed by atoms with Gasteiger partial charge in [-0.3, -0.25) is 4.90 Å². The molecule has 0 spiro atoms. The van der Waals surface area contributed by atoms with Crippen LogP contribution in [0.2, 0.25) is 0 Å². The van der Waals surface area contributed by atoms with E-state index in [1.54, 1.807) is 6.33 Å². The Balaban J connectivity index is -0.000000124. The maximum absolute atomic E-state index is 11.3. The van der Waals surface area contributed by atoms with Gasteiger partial charge < -0.3 is 57.3 Å². The van der Waals surface area contributed by atoms with Crippen molar-refractivity contribution in [3.63, 3.8) is 0 Å². The van der Waals surface area contributed by atoms with Crippen LogP contribution in [0.15, 0.2) is 25.2 Å². The molecule has 410 valence electrons. The van der Waals surface area contributed by atoms with E-state index in [4.69, 9.17) is 5.73 Å². The number of rotatable bonds is 23. The molecule has 0 unspecified atom stereocenters. The number of nitrogens with zero attached hydrogens (tertiary/aromatic N) is 5. The highest BCUT2D eigenvalue weighted by atomic mass is 19.1. The number of nitrogens with two attached hydrogens (primary N) is 1. The number of nitrogens with one attached hydrogen (secondary N) is 7. The lowest BCUT2D eigenvalue weighted by Crippen LogP contribution is -2.42. The number of hydrogen-bond acceptors (Lipinski definition) is 12. The lowest BCUT2D eigenvalue weighted by Gasteiger charge is -2.34. The number of likely N-dealkylation sites (N-methyl/N-ethyl adjacent to an activating group) is 1. The average molecular weight is 965 g/mol. The minimum atomic E-state index is -0.266. The molecule has 4 heterocycles. The quantitative estimate of drug-likeness (QED) is 0.0399. The van der Waals surface area contributed by atoms with Gasteiger partial charge in [-0.05, 0) is 73.0 Å². The third-order valence-corrected chi connectivity index (χ3v) is 9.00. The summed E-state index contributed by atoms with van der Waals surface area (Å²) in [7, 11) is 4.17. The molecule has 67 heavy (non-hydrogen) atoms. The third-order valence-electron chi connectivity index (χ3n) is 9.00. The van der Waals surface area contributed by atoms with Gasteiger partial charge in [0.2, 0.25) is 0 Å². The van der Waals surface area contributed by atoms with Crippen LogP contribution in [-0.4, -0.2) is 197 Å². The van der Waals surface area contributed by atoms with Crippen molar-refractivity contribution in [2.75, 3.05) is 119 Å². The van der Waals surface area contributed by atoms with Gasteiger partial charge in [0.05, 0.1) is 6.33 Å². The number of aromatic nitrogens is 2. The molecule has 0 bridgehead atoms. The molecule has 1 aromatic heterocycles. The zero-order valence-electron chi connectivity index (χ0n) is 45.7. The smallest absolute Gasteiger partial charge is 0.102 e. The summed E-state index contributed by atoms with van der Waals surface area (Å²) in [5.41, 5.74) is 6.30. The zero-order valence-corrected chi connectivity index (χ0v) is 45.7. The minimum Gasteiger partial charge on any atom is -0.348 e. The molecule has 4 rings (SSSR count). The summed E-state index contributed by atoms with van der Waals surface area (Å²) >= 11 is 0. The molecule has 9 N–H and O–H groups in total. The van der Waals surface area contributed by atoms with Crippen LogP contribution in [-0.2, 0) is 6.42 Å². The van der Waals surface area contributed by atoms with Gasteiger partial charge in [-0.2, -0.15) is 0 Å². The Morgan fingerprint density at radius 2 is 1.01 bits per heavy atom. The van der Waals surface area contributed by atoms with Crippen LogP contribution < -0.4 is 37.6 Å². The first-order valence-corrected chi connectivity index (χ1v) is 25.2. The van der Waals surface area contributed by atoms with Crippen molar-refractivity contribution in [3.8, 4) is 0 Å². The highest BCUT2D eigenvalue weighted by Gasteiger charge is 2.16. The van der Waals surface area contributed by atoms with Crippen molar-refractivity contribution < 1.29 is 4.39 Å². The molecular weight excluding hydrogens is 838 g/mol. The van der Waals surface area contributed by atoms with Crippen molar-refractivity contribution in [2.24, 2.45) is 5.73 Å². The Hall–Kier alpha value is -1.56. The number of halogens is 1. The van der Waals surface area contributed by atoms with E-state index in [1.807, 2.05) is 40.0 Å². The van der Waals surface area contributed by atoms with Gasteiger partial charge in [0.25, 0.3) is 0 Å². The van der Waals surface area contributed by atoms with Crippen LogP contribution in [0.3, 0.4) is 0 Å². The van der Waals surface area contributed by atoms with Crippen LogP contribution in [0, 0.1) is 0 Å². The van der Waals surface area contributed by atoms with Crippen molar-refractivity contribution in [1.82, 2.24) is 61.5 Å². The molecule has 3 aliphatic heterocycles. The highest BCUT2D eigenvalue weighted by molar-refractivity contribution is 4.94. The zero-order chi connectivity index (χ0) is 49.7. The lowest BCUT2D eigenvalue weighted by molar-refractivity contribution is 0.138. The Morgan fingerprint density at radius 1 is 0.627 bits per heavy atom. The van der Waals surface area contributed by atoms with E-state index in [0.717, 1.165) is 51.7 Å². The van der Waals surface area contributed by atoms with Crippen LogP contribution >= 0.6 is 0 Å². The summed E-state index contributed by atoms with van der Waals surface area (Å²) < 4.78 is 11.3. The summed E-state index contributed by atoms with van der Waals surface area (Å²) in [5.74, 6) is 0. The molecule has 0 atom stereocenters. The van der Waals surface area contributed by atoms with Gasteiger partial charge in [-0.1, -0.05) is 125 Å². The molecule has 0 radical (unpaired) electrons. The minimum absolute atomic E-state index is 0. The molecule has 14 heteroatoms. The fourth-order valence-electron chi connectivity index (χ4n) is 4.94. The summed E-state index contributed by atoms with van der Waals surface area (Å²) in [5, 5.41) is 19.5. The van der Waals surface area contributed by atoms with Gasteiger partial charge in [0, 0.05) is 133 Å². The van der Waals surface area contributed by atoms with Gasteiger partial charge in [-0.15, -0.1) is 6.58 Å². The Labute approximate surface area is 420 Å². The third kappa shape index (κ3) is 78.9. The van der Waals surface area contributed by atoms with E-state index < -0.39 is 0 Å². The molecule has 3 saturated heterocycles. The van der Waals surface area contributed by atoms with Crippen molar-refractivity contribution in [2.45, 2.75) is 201 Å². The van der Waals surface area contributed by atoms with Crippen LogP contribution in [0.5, 0.6) is 0 Å². The van der Waals surface area contributed by atoms with E-state index >= 15 is 0 Å². The topological polar surface area (TPSA) is 140 Å². The van der Waals surface area contributed by atoms with Crippen molar-refractivity contribution in [3.05, 3.63) is 30.9 Å². The Kier molecular flexibility index (Phi) is 67.7. The SMILES string of the molecule is C.C.C.C=CCNC(C)C.CC(C)N.CC(C)N1CCC1.CC(C)NCCF.CC(C)NCCN(C)C.CC(C)NCCN1CC1.CC(C)NCCN1CCC1.CC(C)NCCc1cnc[nH]1. The monoisotopic (exact) mass is 964 g/mol. The first kappa shape index (κ1) is 79.6. The number of hydrogen-bond donors (Lipinski definition) is 8. The molecule has 0 saturated carbocycles. The maximum atomic E-state index is 11.3. The largest absolute Gasteiger partial charge is 0.348 e. The summed E-state index contributed by atoms with van der Waals surface area (Å²) in [6.07, 6.45) is 9.28.